The van der Waals surface area contributed by atoms with E-state index in [1.165, 1.54) is 0 Å². The van der Waals surface area contributed by atoms with Crippen molar-refractivity contribution < 1.29 is 4.79 Å². The first-order chi connectivity index (χ1) is 11.7. The van der Waals surface area contributed by atoms with Crippen molar-refractivity contribution in [1.29, 1.82) is 0 Å². The zero-order valence-corrected chi connectivity index (χ0v) is 13.5. The maximum absolute atomic E-state index is 12.1. The predicted molar refractivity (Wildman–Crippen MR) is 95.6 cm³/mol. The highest BCUT2D eigenvalue weighted by atomic mass is 16.1. The molecular formula is C20H19N3O. The maximum Gasteiger partial charge on any atom is 0.244 e. The van der Waals surface area contributed by atoms with E-state index in [-0.39, 0.29) is 11.9 Å². The SMILES string of the molecule is C[C@H](NC(=O)C=Cc1ccccc1)c1cccc(-n2ccnc2)c1. The number of hydrogen-bond acceptors (Lipinski definition) is 2. The van der Waals surface area contributed by atoms with E-state index < -0.39 is 0 Å². The molecule has 0 aliphatic heterocycles. The Kier molecular flexibility index (Phi) is 4.87. The molecule has 0 fully saturated rings. The molecule has 0 aliphatic carbocycles. The number of benzene rings is 2. The predicted octanol–water partition coefficient (Wildman–Crippen LogP) is 3.76. The zero-order valence-electron chi connectivity index (χ0n) is 13.5. The number of nitrogens with one attached hydrogen (secondary N) is 1. The lowest BCUT2D eigenvalue weighted by atomic mass is 10.1. The Labute approximate surface area is 141 Å². The zero-order chi connectivity index (χ0) is 16.8. The molecule has 0 spiro atoms. The Hall–Kier alpha value is -3.14. The van der Waals surface area contributed by atoms with Crippen molar-refractivity contribution in [2.45, 2.75) is 13.0 Å². The number of nitrogens with zero attached hydrogens (tertiary/aromatic N) is 2. The van der Waals surface area contributed by atoms with E-state index in [0.717, 1.165) is 16.8 Å². The molecule has 0 bridgehead atoms. The van der Waals surface area contributed by atoms with Crippen LogP contribution in [0.15, 0.2) is 79.4 Å². The quantitative estimate of drug-likeness (QED) is 0.728. The minimum Gasteiger partial charge on any atom is -0.346 e. The van der Waals surface area contributed by atoms with E-state index >= 15 is 0 Å². The number of carbonyl (C=O) groups excluding carboxylic acids is 1. The number of amides is 1. The van der Waals surface area contributed by atoms with Crippen LogP contribution in [0.2, 0.25) is 0 Å². The van der Waals surface area contributed by atoms with Crippen LogP contribution in [0.3, 0.4) is 0 Å². The first-order valence-corrected chi connectivity index (χ1v) is 7.84. The van der Waals surface area contributed by atoms with E-state index in [4.69, 9.17) is 0 Å². The van der Waals surface area contributed by atoms with Gasteiger partial charge in [0.05, 0.1) is 12.4 Å². The first kappa shape index (κ1) is 15.7. The first-order valence-electron chi connectivity index (χ1n) is 7.84. The molecular weight excluding hydrogens is 298 g/mol. The van der Waals surface area contributed by atoms with Gasteiger partial charge in [0.2, 0.25) is 5.91 Å². The van der Waals surface area contributed by atoms with Crippen LogP contribution < -0.4 is 5.32 Å². The maximum atomic E-state index is 12.1. The fraction of sp³-hybridized carbons (Fsp3) is 0.100. The standard InChI is InChI=1S/C20H19N3O/c1-16(22-20(24)11-10-17-6-3-2-4-7-17)18-8-5-9-19(14-18)23-13-12-21-15-23/h2-16H,1H3,(H,22,24)/t16-/m0/s1. The molecule has 3 rings (SSSR count). The smallest absolute Gasteiger partial charge is 0.244 e. The molecule has 24 heavy (non-hydrogen) atoms. The average Bonchev–Trinajstić information content (AvgIpc) is 3.16. The summed E-state index contributed by atoms with van der Waals surface area (Å²) in [6.45, 7) is 1.97. The van der Waals surface area contributed by atoms with Gasteiger partial charge in [0.15, 0.2) is 0 Å². The Bertz CT molecular complexity index is 823. The van der Waals surface area contributed by atoms with E-state index in [0.29, 0.717) is 0 Å². The van der Waals surface area contributed by atoms with Crippen molar-refractivity contribution in [2.75, 3.05) is 0 Å². The van der Waals surface area contributed by atoms with Crippen LogP contribution in [0, 0.1) is 0 Å². The topological polar surface area (TPSA) is 46.9 Å². The van der Waals surface area contributed by atoms with Gasteiger partial charge >= 0.3 is 0 Å². The summed E-state index contributed by atoms with van der Waals surface area (Å²) in [6.07, 6.45) is 8.76. The van der Waals surface area contributed by atoms with Gasteiger partial charge in [0.25, 0.3) is 0 Å². The normalized spacial score (nSPS) is 12.2. The Morgan fingerprint density at radius 1 is 1.17 bits per heavy atom. The highest BCUT2D eigenvalue weighted by Crippen LogP contribution is 2.17. The van der Waals surface area contributed by atoms with Gasteiger partial charge in [-0.15, -0.1) is 0 Å². The van der Waals surface area contributed by atoms with Crippen molar-refractivity contribution in [1.82, 2.24) is 14.9 Å². The highest BCUT2D eigenvalue weighted by Gasteiger charge is 2.08. The molecule has 1 N–H and O–H groups in total. The van der Waals surface area contributed by atoms with Crippen LogP contribution in [0.4, 0.5) is 0 Å². The van der Waals surface area contributed by atoms with E-state index in [1.807, 2.05) is 78.4 Å². The largest absolute Gasteiger partial charge is 0.346 e. The molecule has 1 heterocycles. The lowest BCUT2D eigenvalue weighted by Crippen LogP contribution is -2.24. The molecule has 4 heteroatoms. The van der Waals surface area contributed by atoms with Crippen LogP contribution >= 0.6 is 0 Å². The number of hydrogen-bond donors (Lipinski definition) is 1. The third-order valence-electron chi connectivity index (χ3n) is 3.76. The van der Waals surface area contributed by atoms with Crippen LogP contribution in [0.1, 0.15) is 24.1 Å². The third-order valence-corrected chi connectivity index (χ3v) is 3.76. The molecule has 1 atom stereocenters. The Morgan fingerprint density at radius 3 is 2.75 bits per heavy atom. The molecule has 1 aromatic heterocycles. The summed E-state index contributed by atoms with van der Waals surface area (Å²) in [5.74, 6) is -0.112. The van der Waals surface area contributed by atoms with Crippen molar-refractivity contribution in [3.05, 3.63) is 90.5 Å². The van der Waals surface area contributed by atoms with E-state index in [9.17, 15) is 4.79 Å². The van der Waals surface area contributed by atoms with E-state index in [2.05, 4.69) is 10.3 Å². The minimum atomic E-state index is -0.112. The van der Waals surface area contributed by atoms with Crippen LogP contribution in [0.5, 0.6) is 0 Å². The van der Waals surface area contributed by atoms with Crippen molar-refractivity contribution in [3.63, 3.8) is 0 Å². The van der Waals surface area contributed by atoms with Gasteiger partial charge in [-0.3, -0.25) is 4.79 Å². The summed E-state index contributed by atoms with van der Waals surface area (Å²) in [6, 6.07) is 17.7. The molecule has 2 aromatic carbocycles. The summed E-state index contributed by atoms with van der Waals surface area (Å²) >= 11 is 0. The van der Waals surface area contributed by atoms with Gasteiger partial charge in [-0.2, -0.15) is 0 Å². The van der Waals surface area contributed by atoms with Crippen LogP contribution in [-0.2, 0) is 4.79 Å². The summed E-state index contributed by atoms with van der Waals surface area (Å²) in [4.78, 5) is 16.2. The van der Waals surface area contributed by atoms with Gasteiger partial charge in [-0.05, 0) is 36.3 Å². The summed E-state index contributed by atoms with van der Waals surface area (Å²) < 4.78 is 1.94. The highest BCUT2D eigenvalue weighted by molar-refractivity contribution is 5.91. The minimum absolute atomic E-state index is 0.0820. The lowest BCUT2D eigenvalue weighted by molar-refractivity contribution is -0.117. The lowest BCUT2D eigenvalue weighted by Gasteiger charge is -2.14. The second-order valence-corrected chi connectivity index (χ2v) is 5.54. The molecule has 4 nitrogen and oxygen atoms in total. The van der Waals surface area contributed by atoms with Crippen molar-refractivity contribution in [2.24, 2.45) is 0 Å². The van der Waals surface area contributed by atoms with Crippen molar-refractivity contribution in [3.8, 4) is 5.69 Å². The second kappa shape index (κ2) is 7.42. The van der Waals surface area contributed by atoms with Gasteiger partial charge in [0.1, 0.15) is 0 Å². The van der Waals surface area contributed by atoms with Crippen LogP contribution in [-0.4, -0.2) is 15.5 Å². The van der Waals surface area contributed by atoms with Gasteiger partial charge < -0.3 is 9.88 Å². The second-order valence-electron chi connectivity index (χ2n) is 5.54. The summed E-state index contributed by atoms with van der Waals surface area (Å²) in [5, 5.41) is 2.99. The molecule has 1 amide bonds. The molecule has 0 radical (unpaired) electrons. The monoisotopic (exact) mass is 317 g/mol. The molecule has 0 aliphatic rings. The number of aromatic nitrogens is 2. The summed E-state index contributed by atoms with van der Waals surface area (Å²) in [5.41, 5.74) is 3.07. The Balaban J connectivity index is 1.66. The third kappa shape index (κ3) is 3.98. The number of carbonyl (C=O) groups is 1. The van der Waals surface area contributed by atoms with E-state index in [1.54, 1.807) is 18.6 Å². The molecule has 0 unspecified atom stereocenters. The average molecular weight is 317 g/mol. The molecule has 3 aromatic rings. The molecule has 120 valence electrons. The van der Waals surface area contributed by atoms with Gasteiger partial charge in [0, 0.05) is 24.2 Å². The van der Waals surface area contributed by atoms with Crippen molar-refractivity contribution >= 4 is 12.0 Å². The fourth-order valence-corrected chi connectivity index (χ4v) is 2.45. The van der Waals surface area contributed by atoms with Crippen LogP contribution in [0.25, 0.3) is 11.8 Å². The molecule has 0 saturated carbocycles. The fourth-order valence-electron chi connectivity index (χ4n) is 2.45. The number of rotatable bonds is 5. The Morgan fingerprint density at radius 2 is 2.00 bits per heavy atom. The summed E-state index contributed by atoms with van der Waals surface area (Å²) in [7, 11) is 0. The van der Waals surface area contributed by atoms with Gasteiger partial charge in [-0.25, -0.2) is 4.98 Å². The molecule has 0 saturated heterocycles. The number of imidazole rings is 1. The van der Waals surface area contributed by atoms with Gasteiger partial charge in [-0.1, -0.05) is 42.5 Å².